The zero-order valence-electron chi connectivity index (χ0n) is 11.6. The lowest BCUT2D eigenvalue weighted by Gasteiger charge is -2.15. The Labute approximate surface area is 112 Å². The second-order valence-corrected chi connectivity index (χ2v) is 6.77. The first-order chi connectivity index (χ1) is 8.51. The highest BCUT2D eigenvalue weighted by atomic mass is 32.2. The van der Waals surface area contributed by atoms with Crippen LogP contribution in [0.5, 0.6) is 0 Å². The van der Waals surface area contributed by atoms with Crippen molar-refractivity contribution < 1.29 is 9.00 Å². The lowest BCUT2D eigenvalue weighted by atomic mass is 10.1. The Balaban J connectivity index is 2.82. The fraction of sp³-hybridized carbons (Fsp3) is 0.533. The number of aryl methyl sites for hydroxylation is 1. The number of hydrogen-bond acceptors (Lipinski definition) is 2. The van der Waals surface area contributed by atoms with E-state index in [2.05, 4.69) is 6.92 Å². The van der Waals surface area contributed by atoms with Gasteiger partial charge in [0.1, 0.15) is 0 Å². The van der Waals surface area contributed by atoms with Crippen LogP contribution in [0, 0.1) is 0 Å². The molecule has 2 nitrogen and oxygen atoms in total. The van der Waals surface area contributed by atoms with E-state index in [1.165, 1.54) is 5.56 Å². The zero-order chi connectivity index (χ0) is 13.7. The van der Waals surface area contributed by atoms with Crippen molar-refractivity contribution in [1.29, 1.82) is 0 Å². The second-order valence-electron chi connectivity index (χ2n) is 4.60. The molecule has 1 aromatic carbocycles. The molecule has 100 valence electrons. The SMILES string of the molecule is CCc1ccc(C(=O)C(C)S(=O)C(C)CC)cc1. The molecule has 0 fully saturated rings. The van der Waals surface area contributed by atoms with E-state index in [0.29, 0.717) is 5.56 Å². The van der Waals surface area contributed by atoms with Gasteiger partial charge in [-0.1, -0.05) is 45.0 Å². The van der Waals surface area contributed by atoms with E-state index < -0.39 is 16.0 Å². The van der Waals surface area contributed by atoms with Crippen LogP contribution >= 0.6 is 0 Å². The van der Waals surface area contributed by atoms with E-state index in [4.69, 9.17) is 0 Å². The average molecular weight is 266 g/mol. The van der Waals surface area contributed by atoms with Gasteiger partial charge in [-0.15, -0.1) is 0 Å². The van der Waals surface area contributed by atoms with E-state index >= 15 is 0 Å². The number of Topliss-reactive ketones (excluding diaryl/α,β-unsaturated/α-hetero) is 1. The van der Waals surface area contributed by atoms with Gasteiger partial charge in [-0.3, -0.25) is 9.00 Å². The van der Waals surface area contributed by atoms with Crippen molar-refractivity contribution in [3.8, 4) is 0 Å². The summed E-state index contributed by atoms with van der Waals surface area (Å²) < 4.78 is 12.1. The van der Waals surface area contributed by atoms with Crippen LogP contribution < -0.4 is 0 Å². The molecule has 18 heavy (non-hydrogen) atoms. The van der Waals surface area contributed by atoms with E-state index in [1.54, 1.807) is 6.92 Å². The number of benzene rings is 1. The Morgan fingerprint density at radius 2 is 1.72 bits per heavy atom. The van der Waals surface area contributed by atoms with E-state index in [9.17, 15) is 9.00 Å². The molecule has 3 unspecified atom stereocenters. The molecular weight excluding hydrogens is 244 g/mol. The van der Waals surface area contributed by atoms with Gasteiger partial charge in [-0.25, -0.2) is 0 Å². The highest BCUT2D eigenvalue weighted by Crippen LogP contribution is 2.14. The van der Waals surface area contributed by atoms with Crippen molar-refractivity contribution >= 4 is 16.6 Å². The largest absolute Gasteiger partial charge is 0.293 e. The Kier molecular flexibility index (Phi) is 5.73. The smallest absolute Gasteiger partial charge is 0.178 e. The third kappa shape index (κ3) is 3.52. The lowest BCUT2D eigenvalue weighted by molar-refractivity contribution is 0.0992. The normalized spacial score (nSPS) is 16.0. The minimum atomic E-state index is -1.10. The molecule has 3 heteroatoms. The molecule has 0 aliphatic carbocycles. The molecule has 0 aromatic heterocycles. The lowest BCUT2D eigenvalue weighted by Crippen LogP contribution is -2.28. The summed E-state index contributed by atoms with van der Waals surface area (Å²) >= 11 is 0. The van der Waals surface area contributed by atoms with Crippen LogP contribution in [-0.4, -0.2) is 20.5 Å². The van der Waals surface area contributed by atoms with E-state index in [1.807, 2.05) is 38.1 Å². The molecule has 0 aliphatic rings. The quantitative estimate of drug-likeness (QED) is 0.740. The Morgan fingerprint density at radius 3 is 2.17 bits per heavy atom. The van der Waals surface area contributed by atoms with Crippen LogP contribution in [0.4, 0.5) is 0 Å². The summed E-state index contributed by atoms with van der Waals surface area (Å²) in [4.78, 5) is 12.2. The van der Waals surface area contributed by atoms with Crippen LogP contribution in [0.1, 0.15) is 50.0 Å². The Hall–Kier alpha value is -0.960. The maximum atomic E-state index is 12.2. The highest BCUT2D eigenvalue weighted by Gasteiger charge is 2.24. The highest BCUT2D eigenvalue weighted by molar-refractivity contribution is 7.87. The number of ketones is 1. The summed E-state index contributed by atoms with van der Waals surface area (Å²) in [5.41, 5.74) is 1.87. The first-order valence-corrected chi connectivity index (χ1v) is 7.81. The van der Waals surface area contributed by atoms with Crippen molar-refractivity contribution in [2.45, 2.75) is 51.0 Å². The summed E-state index contributed by atoms with van der Waals surface area (Å²) in [6.45, 7) is 7.77. The summed E-state index contributed by atoms with van der Waals surface area (Å²) in [5.74, 6) is -0.0173. The van der Waals surface area contributed by atoms with Gasteiger partial charge >= 0.3 is 0 Å². The third-order valence-electron chi connectivity index (χ3n) is 3.34. The fourth-order valence-corrected chi connectivity index (χ4v) is 3.13. The predicted octanol–water partition coefficient (Wildman–Crippen LogP) is 3.37. The average Bonchev–Trinajstić information content (AvgIpc) is 2.44. The maximum absolute atomic E-state index is 12.2. The second kappa shape index (κ2) is 6.83. The van der Waals surface area contributed by atoms with Crippen LogP contribution in [-0.2, 0) is 17.2 Å². The van der Waals surface area contributed by atoms with Gasteiger partial charge < -0.3 is 0 Å². The number of carbonyl (C=O) groups excluding carboxylic acids is 1. The molecule has 3 atom stereocenters. The van der Waals surface area contributed by atoms with Crippen molar-refractivity contribution in [3.05, 3.63) is 35.4 Å². The molecule has 0 N–H and O–H groups in total. The van der Waals surface area contributed by atoms with Crippen LogP contribution in [0.15, 0.2) is 24.3 Å². The summed E-state index contributed by atoms with van der Waals surface area (Å²) in [5, 5.41) is -0.355. The van der Waals surface area contributed by atoms with Crippen LogP contribution in [0.25, 0.3) is 0 Å². The number of carbonyl (C=O) groups is 1. The van der Waals surface area contributed by atoms with Crippen LogP contribution in [0.2, 0.25) is 0 Å². The van der Waals surface area contributed by atoms with Gasteiger partial charge in [0.15, 0.2) is 5.78 Å². The fourth-order valence-electron chi connectivity index (χ4n) is 1.76. The van der Waals surface area contributed by atoms with Gasteiger partial charge in [0.2, 0.25) is 0 Å². The first-order valence-electron chi connectivity index (χ1n) is 6.53. The molecule has 0 spiro atoms. The van der Waals surface area contributed by atoms with Crippen molar-refractivity contribution in [1.82, 2.24) is 0 Å². The van der Waals surface area contributed by atoms with Crippen LogP contribution in [0.3, 0.4) is 0 Å². The molecule has 0 radical (unpaired) electrons. The first kappa shape index (κ1) is 15.1. The van der Waals surface area contributed by atoms with Gasteiger partial charge in [0, 0.05) is 21.6 Å². The Morgan fingerprint density at radius 1 is 1.17 bits per heavy atom. The molecule has 0 heterocycles. The van der Waals surface area contributed by atoms with Gasteiger partial charge in [0.05, 0.1) is 5.25 Å². The van der Waals surface area contributed by atoms with E-state index in [-0.39, 0.29) is 11.0 Å². The third-order valence-corrected chi connectivity index (χ3v) is 5.37. The van der Waals surface area contributed by atoms with Crippen molar-refractivity contribution in [2.75, 3.05) is 0 Å². The molecule has 0 saturated carbocycles. The number of hydrogen-bond donors (Lipinski definition) is 0. The summed E-state index contributed by atoms with van der Waals surface area (Å²) in [6.07, 6.45) is 1.79. The number of rotatable bonds is 6. The molecule has 1 rings (SSSR count). The Bertz CT molecular complexity index is 423. The molecule has 0 aliphatic heterocycles. The summed E-state index contributed by atoms with van der Waals surface area (Å²) in [6, 6.07) is 7.61. The summed E-state index contributed by atoms with van der Waals surface area (Å²) in [7, 11) is -1.10. The van der Waals surface area contributed by atoms with Gasteiger partial charge in [-0.05, 0) is 25.3 Å². The molecule has 0 saturated heterocycles. The van der Waals surface area contributed by atoms with Crippen molar-refractivity contribution in [3.63, 3.8) is 0 Å². The molecule has 0 amide bonds. The minimum Gasteiger partial charge on any atom is -0.293 e. The van der Waals surface area contributed by atoms with Crippen molar-refractivity contribution in [2.24, 2.45) is 0 Å². The maximum Gasteiger partial charge on any atom is 0.178 e. The minimum absolute atomic E-state index is 0.0173. The topological polar surface area (TPSA) is 34.1 Å². The zero-order valence-corrected chi connectivity index (χ0v) is 12.4. The standard InChI is InChI=1S/C15H22O2S/c1-5-11(3)18(17)12(4)15(16)14-9-7-13(6-2)8-10-14/h7-12H,5-6H2,1-4H3. The van der Waals surface area contributed by atoms with Gasteiger partial charge in [-0.2, -0.15) is 0 Å². The predicted molar refractivity (Wildman–Crippen MR) is 77.5 cm³/mol. The molecule has 1 aromatic rings. The van der Waals surface area contributed by atoms with E-state index in [0.717, 1.165) is 12.8 Å². The molecular formula is C15H22O2S. The van der Waals surface area contributed by atoms with Gasteiger partial charge in [0.25, 0.3) is 0 Å². The monoisotopic (exact) mass is 266 g/mol. The molecule has 0 bridgehead atoms.